The van der Waals surface area contributed by atoms with Gasteiger partial charge < -0.3 is 20.1 Å². The Bertz CT molecular complexity index is 1380. The van der Waals surface area contributed by atoms with Crippen LogP contribution in [0.1, 0.15) is 55.8 Å². The van der Waals surface area contributed by atoms with Crippen LogP contribution in [0.15, 0.2) is 48.6 Å². The van der Waals surface area contributed by atoms with Gasteiger partial charge in [-0.1, -0.05) is 6.07 Å². The highest BCUT2D eigenvalue weighted by molar-refractivity contribution is 7.93. The molecule has 5 rings (SSSR count). The first-order chi connectivity index (χ1) is 18.5. The van der Waals surface area contributed by atoms with E-state index in [1.807, 2.05) is 0 Å². The van der Waals surface area contributed by atoms with Gasteiger partial charge >= 0.3 is 0 Å². The number of sulfonamides is 1. The lowest BCUT2D eigenvalue weighted by Crippen LogP contribution is -2.36. The normalized spacial score (nSPS) is 19.6. The second-order valence-electron chi connectivity index (χ2n) is 10.8. The van der Waals surface area contributed by atoms with Crippen molar-refractivity contribution in [2.24, 2.45) is 5.41 Å². The Morgan fingerprint density at radius 1 is 1.15 bits per heavy atom. The third-order valence-electron chi connectivity index (χ3n) is 7.80. The summed E-state index contributed by atoms with van der Waals surface area (Å²) >= 11 is 0. The van der Waals surface area contributed by atoms with Gasteiger partial charge in [0.1, 0.15) is 16.7 Å². The number of anilines is 3. The molecule has 0 bridgehead atoms. The van der Waals surface area contributed by atoms with Crippen molar-refractivity contribution in [2.75, 3.05) is 34.6 Å². The zero-order valence-corrected chi connectivity index (χ0v) is 22.4. The molecular weight excluding hydrogens is 530 g/mol. The average molecular weight is 563 g/mol. The number of aromatic nitrogens is 1. The van der Waals surface area contributed by atoms with Crippen LogP contribution in [0.2, 0.25) is 0 Å². The molecule has 1 aromatic carbocycles. The SMILES string of the molecule is CC(CO)S(=O)(=O)Nc1ccc(C(=O)Nc2cccc(OC3(C=C(F)F)CC3)n2)c(N2CCC3(CC2)CC3)c1. The van der Waals surface area contributed by atoms with E-state index in [1.54, 1.807) is 30.3 Å². The van der Waals surface area contributed by atoms with Gasteiger partial charge in [-0.15, -0.1) is 0 Å². The van der Waals surface area contributed by atoms with Crippen molar-refractivity contribution in [1.29, 1.82) is 0 Å². The third kappa shape index (κ3) is 6.33. The Hall–Kier alpha value is -3.25. The number of piperidine rings is 1. The van der Waals surface area contributed by atoms with Crippen molar-refractivity contribution >= 4 is 33.1 Å². The van der Waals surface area contributed by atoms with Crippen LogP contribution in [0.3, 0.4) is 0 Å². The van der Waals surface area contributed by atoms with Crippen LogP contribution >= 0.6 is 0 Å². The van der Waals surface area contributed by atoms with Crippen molar-refractivity contribution in [1.82, 2.24) is 4.98 Å². The first-order valence-electron chi connectivity index (χ1n) is 13.0. The van der Waals surface area contributed by atoms with Gasteiger partial charge in [-0.25, -0.2) is 8.42 Å². The first kappa shape index (κ1) is 27.3. The summed E-state index contributed by atoms with van der Waals surface area (Å²) in [7, 11) is -3.82. The lowest BCUT2D eigenvalue weighted by atomic mass is 9.93. The molecule has 3 aliphatic rings. The Morgan fingerprint density at radius 3 is 2.49 bits per heavy atom. The highest BCUT2D eigenvalue weighted by Crippen LogP contribution is 2.54. The largest absolute Gasteiger partial charge is 0.467 e. The molecule has 2 saturated carbocycles. The molecule has 1 atom stereocenters. The number of carbonyl (C=O) groups is 1. The van der Waals surface area contributed by atoms with Crippen LogP contribution in [0.25, 0.3) is 0 Å². The maximum absolute atomic E-state index is 13.4. The van der Waals surface area contributed by atoms with Gasteiger partial charge in [0.15, 0.2) is 0 Å². The van der Waals surface area contributed by atoms with E-state index in [2.05, 4.69) is 19.9 Å². The number of nitrogens with zero attached hydrogens (tertiary/aromatic N) is 2. The van der Waals surface area contributed by atoms with E-state index in [1.165, 1.54) is 25.8 Å². The number of rotatable bonds is 10. The number of hydrogen-bond acceptors (Lipinski definition) is 7. The lowest BCUT2D eigenvalue weighted by Gasteiger charge is -2.35. The number of ether oxygens (including phenoxy) is 1. The van der Waals surface area contributed by atoms with Crippen molar-refractivity contribution < 1.29 is 31.8 Å². The van der Waals surface area contributed by atoms with Gasteiger partial charge in [-0.05, 0) is 75.1 Å². The number of amides is 1. The third-order valence-corrected chi connectivity index (χ3v) is 9.53. The summed E-state index contributed by atoms with van der Waals surface area (Å²) < 4.78 is 58.8. The monoisotopic (exact) mass is 562 g/mol. The number of benzene rings is 1. The van der Waals surface area contributed by atoms with Crippen molar-refractivity contribution in [3.05, 3.63) is 54.1 Å². The molecule has 0 radical (unpaired) electrons. The van der Waals surface area contributed by atoms with Gasteiger partial charge in [-0.3, -0.25) is 9.52 Å². The van der Waals surface area contributed by atoms with E-state index >= 15 is 0 Å². The van der Waals surface area contributed by atoms with Gasteiger partial charge in [0.2, 0.25) is 15.9 Å². The molecular formula is C27H32F2N4O5S. The summed E-state index contributed by atoms with van der Waals surface area (Å²) in [5.74, 6) is -0.132. The summed E-state index contributed by atoms with van der Waals surface area (Å²) in [6.07, 6.45) is 4.31. The zero-order chi connectivity index (χ0) is 27.8. The van der Waals surface area contributed by atoms with Gasteiger partial charge in [-0.2, -0.15) is 13.8 Å². The molecule has 12 heteroatoms. The fraction of sp³-hybridized carbons (Fsp3) is 0.481. The van der Waals surface area contributed by atoms with Crippen LogP contribution in [-0.2, 0) is 10.0 Å². The number of nitrogens with one attached hydrogen (secondary N) is 2. The van der Waals surface area contributed by atoms with E-state index < -0.39 is 39.5 Å². The molecule has 2 aromatic rings. The summed E-state index contributed by atoms with van der Waals surface area (Å²) in [5.41, 5.74) is 0.566. The lowest BCUT2D eigenvalue weighted by molar-refractivity contribution is 0.102. The second-order valence-corrected chi connectivity index (χ2v) is 12.9. The number of aliphatic hydroxyl groups is 1. The minimum absolute atomic E-state index is 0.122. The van der Waals surface area contributed by atoms with Crippen LogP contribution in [0.4, 0.5) is 26.0 Å². The molecule has 2 aliphatic carbocycles. The molecule has 9 nitrogen and oxygen atoms in total. The predicted molar refractivity (Wildman–Crippen MR) is 144 cm³/mol. The van der Waals surface area contributed by atoms with Crippen LogP contribution in [0.5, 0.6) is 5.88 Å². The van der Waals surface area contributed by atoms with Crippen LogP contribution in [0, 0.1) is 5.41 Å². The van der Waals surface area contributed by atoms with Crippen LogP contribution in [-0.4, -0.2) is 55.0 Å². The Balaban J connectivity index is 1.37. The quantitative estimate of drug-likeness (QED) is 0.389. The molecule has 2 heterocycles. The number of halogens is 2. The van der Waals surface area contributed by atoms with Gasteiger partial charge in [0, 0.05) is 25.2 Å². The zero-order valence-electron chi connectivity index (χ0n) is 21.6. The molecule has 210 valence electrons. The van der Waals surface area contributed by atoms with E-state index in [0.717, 1.165) is 32.0 Å². The van der Waals surface area contributed by atoms with E-state index in [0.29, 0.717) is 35.2 Å². The Morgan fingerprint density at radius 2 is 1.87 bits per heavy atom. The number of carbonyl (C=O) groups excluding carboxylic acids is 1. The summed E-state index contributed by atoms with van der Waals surface area (Å²) in [6.45, 7) is 2.37. The predicted octanol–water partition coefficient (Wildman–Crippen LogP) is 4.53. The molecule has 1 aliphatic heterocycles. The minimum Gasteiger partial charge on any atom is -0.467 e. The van der Waals surface area contributed by atoms with Crippen molar-refractivity contribution in [2.45, 2.75) is 56.3 Å². The fourth-order valence-electron chi connectivity index (χ4n) is 4.84. The molecule has 1 amide bonds. The molecule has 1 saturated heterocycles. The van der Waals surface area contributed by atoms with E-state index in [9.17, 15) is 27.1 Å². The first-order valence-corrected chi connectivity index (χ1v) is 14.6. The Labute approximate surface area is 226 Å². The van der Waals surface area contributed by atoms with E-state index in [4.69, 9.17) is 4.74 Å². The molecule has 3 N–H and O–H groups in total. The highest BCUT2D eigenvalue weighted by atomic mass is 32.2. The number of hydrogen-bond donors (Lipinski definition) is 3. The average Bonchev–Trinajstić information content (AvgIpc) is 3.82. The molecule has 1 aromatic heterocycles. The van der Waals surface area contributed by atoms with Crippen molar-refractivity contribution in [3.63, 3.8) is 0 Å². The summed E-state index contributed by atoms with van der Waals surface area (Å²) in [5, 5.41) is 11.1. The topological polar surface area (TPSA) is 121 Å². The summed E-state index contributed by atoms with van der Waals surface area (Å²) in [6, 6.07) is 9.44. The number of pyridine rings is 1. The number of aliphatic hydroxyl groups excluding tert-OH is 1. The molecule has 3 fully saturated rings. The standard InChI is InChI=1S/C27H32F2N4O5S/c1-18(17-34)39(36,37)32-19-5-6-20(21(15-19)33-13-11-26(7-8-26)12-14-33)25(35)31-23-3-2-4-24(30-23)38-27(9-10-27)16-22(28)29/h2-6,15-16,18,32,34H,7-14,17H2,1H3,(H,30,31,35). The molecule has 1 unspecified atom stereocenters. The maximum atomic E-state index is 13.4. The molecule has 1 spiro atoms. The highest BCUT2D eigenvalue weighted by Gasteiger charge is 2.45. The maximum Gasteiger partial charge on any atom is 0.270 e. The minimum atomic E-state index is -3.82. The van der Waals surface area contributed by atoms with Crippen molar-refractivity contribution in [3.8, 4) is 5.88 Å². The van der Waals surface area contributed by atoms with Gasteiger partial charge in [0.05, 0.1) is 23.5 Å². The molecule has 39 heavy (non-hydrogen) atoms. The smallest absolute Gasteiger partial charge is 0.270 e. The van der Waals surface area contributed by atoms with Gasteiger partial charge in [0.25, 0.3) is 12.0 Å². The second kappa shape index (κ2) is 10.4. The van der Waals surface area contributed by atoms with E-state index in [-0.39, 0.29) is 11.7 Å². The summed E-state index contributed by atoms with van der Waals surface area (Å²) in [4.78, 5) is 19.8. The fourth-order valence-corrected chi connectivity index (χ4v) is 5.69. The Kier molecular flexibility index (Phi) is 7.27. The van der Waals surface area contributed by atoms with Crippen LogP contribution < -0.4 is 19.7 Å².